The standard InChI is InChI=1S/C14H19IN2/c15-11-6-7-14(12(16)9-11)17-8-2-4-10-3-1-5-13(10)17/h6-7,9-10,13H,1-5,8,16H2. The highest BCUT2D eigenvalue weighted by Gasteiger charge is 2.35. The number of nitrogens with two attached hydrogens (primary N) is 1. The second kappa shape index (κ2) is 4.67. The van der Waals surface area contributed by atoms with Crippen molar-refractivity contribution in [3.8, 4) is 0 Å². The average molecular weight is 342 g/mol. The van der Waals surface area contributed by atoms with E-state index in [9.17, 15) is 0 Å². The number of anilines is 2. The molecule has 2 nitrogen and oxygen atoms in total. The normalized spacial score (nSPS) is 28.2. The minimum absolute atomic E-state index is 0.756. The molecule has 17 heavy (non-hydrogen) atoms. The summed E-state index contributed by atoms with van der Waals surface area (Å²) in [6, 6.07) is 7.22. The van der Waals surface area contributed by atoms with Crippen molar-refractivity contribution in [2.75, 3.05) is 17.2 Å². The van der Waals surface area contributed by atoms with Crippen molar-refractivity contribution in [1.82, 2.24) is 0 Å². The van der Waals surface area contributed by atoms with Gasteiger partial charge in [-0.3, -0.25) is 0 Å². The van der Waals surface area contributed by atoms with Crippen LogP contribution in [0.2, 0.25) is 0 Å². The lowest BCUT2D eigenvalue weighted by atomic mass is 9.91. The van der Waals surface area contributed by atoms with Crippen LogP contribution in [0.3, 0.4) is 0 Å². The summed E-state index contributed by atoms with van der Waals surface area (Å²) in [5.41, 5.74) is 8.40. The molecular formula is C14H19IN2. The van der Waals surface area contributed by atoms with Crippen LogP contribution in [0.1, 0.15) is 32.1 Å². The van der Waals surface area contributed by atoms with E-state index in [1.807, 2.05) is 0 Å². The van der Waals surface area contributed by atoms with Gasteiger partial charge in [0.1, 0.15) is 0 Å². The fourth-order valence-corrected chi connectivity index (χ4v) is 4.06. The molecule has 0 aromatic heterocycles. The summed E-state index contributed by atoms with van der Waals surface area (Å²) in [6.07, 6.45) is 6.93. The number of hydrogen-bond donors (Lipinski definition) is 1. The van der Waals surface area contributed by atoms with Crippen LogP contribution >= 0.6 is 22.6 Å². The lowest BCUT2D eigenvalue weighted by Crippen LogP contribution is -2.42. The lowest BCUT2D eigenvalue weighted by Gasteiger charge is -2.40. The van der Waals surface area contributed by atoms with Crippen LogP contribution in [-0.2, 0) is 0 Å². The second-order valence-corrected chi connectivity index (χ2v) is 6.54. The molecule has 2 aliphatic rings. The molecule has 1 saturated carbocycles. The van der Waals surface area contributed by atoms with Gasteiger partial charge in [-0.25, -0.2) is 0 Å². The van der Waals surface area contributed by atoms with Gasteiger partial charge in [-0.1, -0.05) is 6.42 Å². The maximum atomic E-state index is 6.19. The van der Waals surface area contributed by atoms with Gasteiger partial charge >= 0.3 is 0 Å². The van der Waals surface area contributed by atoms with E-state index in [2.05, 4.69) is 45.7 Å². The molecule has 2 unspecified atom stereocenters. The summed E-state index contributed by atoms with van der Waals surface area (Å²) < 4.78 is 1.23. The monoisotopic (exact) mass is 342 g/mol. The number of rotatable bonds is 1. The van der Waals surface area contributed by atoms with Crippen molar-refractivity contribution in [1.29, 1.82) is 0 Å². The molecule has 0 radical (unpaired) electrons. The van der Waals surface area contributed by atoms with E-state index in [4.69, 9.17) is 5.73 Å². The third-order valence-corrected chi connectivity index (χ3v) is 4.96. The van der Waals surface area contributed by atoms with E-state index >= 15 is 0 Å². The first-order chi connectivity index (χ1) is 8.25. The Morgan fingerprint density at radius 1 is 1.18 bits per heavy atom. The van der Waals surface area contributed by atoms with Gasteiger partial charge in [-0.05, 0) is 72.4 Å². The highest BCUT2D eigenvalue weighted by Crippen LogP contribution is 2.40. The number of nitrogens with zero attached hydrogens (tertiary/aromatic N) is 1. The van der Waals surface area contributed by atoms with Crippen LogP contribution in [0.4, 0.5) is 11.4 Å². The molecular weight excluding hydrogens is 323 g/mol. The van der Waals surface area contributed by atoms with Crippen molar-refractivity contribution >= 4 is 34.0 Å². The zero-order valence-electron chi connectivity index (χ0n) is 10.0. The van der Waals surface area contributed by atoms with Crippen molar-refractivity contribution in [2.45, 2.75) is 38.1 Å². The molecule has 0 amide bonds. The smallest absolute Gasteiger partial charge is 0.0603 e. The van der Waals surface area contributed by atoms with E-state index in [0.29, 0.717) is 0 Å². The molecule has 1 aromatic carbocycles. The molecule has 1 aliphatic heterocycles. The summed E-state index contributed by atoms with van der Waals surface area (Å²) in [6.45, 7) is 1.19. The minimum atomic E-state index is 0.756. The minimum Gasteiger partial charge on any atom is -0.397 e. The highest BCUT2D eigenvalue weighted by molar-refractivity contribution is 14.1. The Morgan fingerprint density at radius 3 is 2.82 bits per heavy atom. The molecule has 0 bridgehead atoms. The number of fused-ring (bicyclic) bond motifs is 1. The molecule has 1 heterocycles. The molecule has 1 saturated heterocycles. The summed E-state index contributed by atoms with van der Waals surface area (Å²) in [5, 5.41) is 0. The Kier molecular flexibility index (Phi) is 3.19. The van der Waals surface area contributed by atoms with Crippen LogP contribution in [0.15, 0.2) is 18.2 Å². The molecule has 3 rings (SSSR count). The lowest BCUT2D eigenvalue weighted by molar-refractivity contribution is 0.363. The molecule has 0 spiro atoms. The number of piperidine rings is 1. The van der Waals surface area contributed by atoms with Gasteiger partial charge in [0, 0.05) is 16.2 Å². The largest absolute Gasteiger partial charge is 0.397 e. The molecule has 3 heteroatoms. The summed E-state index contributed by atoms with van der Waals surface area (Å²) >= 11 is 2.33. The van der Waals surface area contributed by atoms with Crippen molar-refractivity contribution in [3.05, 3.63) is 21.8 Å². The van der Waals surface area contributed by atoms with Gasteiger partial charge in [-0.2, -0.15) is 0 Å². The average Bonchev–Trinajstić information content (AvgIpc) is 2.77. The summed E-state index contributed by atoms with van der Waals surface area (Å²) in [5.74, 6) is 0.919. The van der Waals surface area contributed by atoms with Crippen LogP contribution < -0.4 is 10.6 Å². The zero-order chi connectivity index (χ0) is 11.8. The Hall–Kier alpha value is -0.450. The Morgan fingerprint density at radius 2 is 2.00 bits per heavy atom. The first-order valence-corrected chi connectivity index (χ1v) is 7.65. The third kappa shape index (κ3) is 2.14. The molecule has 1 aliphatic carbocycles. The highest BCUT2D eigenvalue weighted by atomic mass is 127. The van der Waals surface area contributed by atoms with Crippen LogP contribution in [0, 0.1) is 9.49 Å². The summed E-state index contributed by atoms with van der Waals surface area (Å²) in [4.78, 5) is 2.58. The SMILES string of the molecule is Nc1cc(I)ccc1N1CCCC2CCCC21. The molecule has 2 fully saturated rings. The van der Waals surface area contributed by atoms with Gasteiger partial charge in [0.2, 0.25) is 0 Å². The van der Waals surface area contributed by atoms with E-state index in [-0.39, 0.29) is 0 Å². The number of benzene rings is 1. The zero-order valence-corrected chi connectivity index (χ0v) is 12.2. The molecule has 92 valence electrons. The number of nitrogen functional groups attached to an aromatic ring is 1. The topological polar surface area (TPSA) is 29.3 Å². The predicted molar refractivity (Wildman–Crippen MR) is 81.3 cm³/mol. The van der Waals surface area contributed by atoms with Gasteiger partial charge in [-0.15, -0.1) is 0 Å². The molecule has 2 atom stereocenters. The van der Waals surface area contributed by atoms with Gasteiger partial charge in [0.25, 0.3) is 0 Å². The first kappa shape index (κ1) is 11.6. The predicted octanol–water partition coefficient (Wildman–Crippen LogP) is 3.64. The maximum absolute atomic E-state index is 6.19. The first-order valence-electron chi connectivity index (χ1n) is 6.57. The van der Waals surface area contributed by atoms with Crippen LogP contribution in [-0.4, -0.2) is 12.6 Å². The number of halogens is 1. The van der Waals surface area contributed by atoms with Gasteiger partial charge in [0.05, 0.1) is 11.4 Å². The van der Waals surface area contributed by atoms with E-state index in [1.54, 1.807) is 0 Å². The second-order valence-electron chi connectivity index (χ2n) is 5.30. The Balaban J connectivity index is 1.91. The maximum Gasteiger partial charge on any atom is 0.0603 e. The van der Waals surface area contributed by atoms with Crippen LogP contribution in [0.5, 0.6) is 0 Å². The van der Waals surface area contributed by atoms with Crippen LogP contribution in [0.25, 0.3) is 0 Å². The number of hydrogen-bond acceptors (Lipinski definition) is 2. The Labute approximate surface area is 117 Å². The fraction of sp³-hybridized carbons (Fsp3) is 0.571. The van der Waals surface area contributed by atoms with E-state index < -0.39 is 0 Å². The third-order valence-electron chi connectivity index (χ3n) is 4.29. The quantitative estimate of drug-likeness (QED) is 0.624. The van der Waals surface area contributed by atoms with E-state index in [1.165, 1.54) is 47.9 Å². The summed E-state index contributed by atoms with van der Waals surface area (Å²) in [7, 11) is 0. The van der Waals surface area contributed by atoms with Crippen molar-refractivity contribution in [2.24, 2.45) is 5.92 Å². The van der Waals surface area contributed by atoms with Gasteiger partial charge in [0.15, 0.2) is 0 Å². The molecule has 2 N–H and O–H groups in total. The fourth-order valence-electron chi connectivity index (χ4n) is 3.54. The van der Waals surface area contributed by atoms with Gasteiger partial charge < -0.3 is 10.6 Å². The van der Waals surface area contributed by atoms with E-state index in [0.717, 1.165) is 17.6 Å². The Bertz CT molecular complexity index is 419. The van der Waals surface area contributed by atoms with Crippen molar-refractivity contribution in [3.63, 3.8) is 0 Å². The van der Waals surface area contributed by atoms with Crippen molar-refractivity contribution < 1.29 is 0 Å². The molecule has 1 aromatic rings.